The van der Waals surface area contributed by atoms with E-state index in [0.29, 0.717) is 22.8 Å². The molecular weight excluding hydrogens is 274 g/mol. The highest BCUT2D eigenvalue weighted by molar-refractivity contribution is 7.94. The van der Waals surface area contributed by atoms with Crippen molar-refractivity contribution >= 4 is 26.9 Å². The Morgan fingerprint density at radius 2 is 2.17 bits per heavy atom. The summed E-state index contributed by atoms with van der Waals surface area (Å²) >= 11 is -1.53. The predicted octanol–water partition coefficient (Wildman–Crippen LogP) is 2.08. The highest BCUT2D eigenvalue weighted by Gasteiger charge is 2.17. The van der Waals surface area contributed by atoms with Crippen LogP contribution in [-0.4, -0.2) is 24.9 Å². The summed E-state index contributed by atoms with van der Waals surface area (Å²) in [6.07, 6.45) is 1.54. The van der Waals surface area contributed by atoms with Gasteiger partial charge < -0.3 is 8.97 Å². The van der Waals surface area contributed by atoms with Crippen molar-refractivity contribution in [2.24, 2.45) is 4.40 Å². The van der Waals surface area contributed by atoms with E-state index in [0.717, 1.165) is 6.26 Å². The highest BCUT2D eigenvalue weighted by atomic mass is 32.2. The van der Waals surface area contributed by atoms with Crippen LogP contribution < -0.4 is 0 Å². The molecule has 0 fully saturated rings. The molecule has 0 unspecified atom stereocenters. The lowest BCUT2D eigenvalue weighted by Gasteiger charge is -2.03. The first-order valence-corrected chi connectivity index (χ1v) is 8.20. The Hall–Kier alpha value is -1.05. The van der Waals surface area contributed by atoms with Gasteiger partial charge in [0, 0.05) is 13.2 Å². The number of hydrogen-bond acceptors (Lipinski definition) is 5. The van der Waals surface area contributed by atoms with Crippen molar-refractivity contribution in [1.29, 1.82) is 0 Å². The Bertz CT molecular complexity index is 572. The quantitative estimate of drug-likeness (QED) is 0.613. The zero-order valence-electron chi connectivity index (χ0n) is 10.5. The summed E-state index contributed by atoms with van der Waals surface area (Å²) in [6, 6.07) is 2.87. The Labute approximate surface area is 110 Å². The summed E-state index contributed by atoms with van der Waals surface area (Å²) in [7, 11) is -3.38. The second-order valence-electron chi connectivity index (χ2n) is 3.73. The average molecular weight is 289 g/mol. The second-order valence-corrected chi connectivity index (χ2v) is 7.06. The Morgan fingerprint density at radius 1 is 1.56 bits per heavy atom. The topological polar surface area (TPSA) is 82.7 Å². The fraction of sp³-hybridized carbons (Fsp3) is 0.364. The van der Waals surface area contributed by atoms with Crippen molar-refractivity contribution in [3.63, 3.8) is 0 Å². The molecule has 0 saturated carbocycles. The summed E-state index contributed by atoms with van der Waals surface area (Å²) in [5.41, 5.74) is 0.450. The van der Waals surface area contributed by atoms with Crippen molar-refractivity contribution in [1.82, 2.24) is 0 Å². The third-order valence-corrected chi connectivity index (χ3v) is 3.99. The predicted molar refractivity (Wildman–Crippen MR) is 71.6 cm³/mol. The molecule has 0 aromatic carbocycles. The van der Waals surface area contributed by atoms with Gasteiger partial charge in [0.1, 0.15) is 22.0 Å². The minimum absolute atomic E-state index is 0.125. The molecule has 1 atom stereocenters. The van der Waals surface area contributed by atoms with E-state index in [1.54, 1.807) is 6.92 Å². The van der Waals surface area contributed by atoms with Gasteiger partial charge in [0.15, 0.2) is 5.76 Å². The van der Waals surface area contributed by atoms with Crippen LogP contribution >= 0.6 is 0 Å². The number of furan rings is 1. The Kier molecular flexibility index (Phi) is 4.78. The van der Waals surface area contributed by atoms with E-state index in [1.165, 1.54) is 12.1 Å². The van der Waals surface area contributed by atoms with E-state index in [-0.39, 0.29) is 5.09 Å². The van der Waals surface area contributed by atoms with E-state index in [2.05, 4.69) is 11.0 Å². The molecule has 7 heteroatoms. The van der Waals surface area contributed by atoms with Gasteiger partial charge in [-0.3, -0.25) is 0 Å². The first kappa shape index (κ1) is 15.0. The first-order valence-electron chi connectivity index (χ1n) is 5.21. The SMILES string of the molecule is C=C(C)[S@@+]([O-])/N=C(\CC)c1ccc(S(C)(=O)=O)o1. The van der Waals surface area contributed by atoms with Gasteiger partial charge >= 0.3 is 0 Å². The minimum atomic E-state index is -3.38. The molecule has 1 rings (SSSR count). The van der Waals surface area contributed by atoms with Crippen LogP contribution in [0.25, 0.3) is 0 Å². The largest absolute Gasteiger partial charge is 0.586 e. The van der Waals surface area contributed by atoms with E-state index < -0.39 is 21.2 Å². The standard InChI is InChI=1S/C11H15NO4S2/c1-5-9(12-17(13)8(2)3)10-6-7-11(16-10)18(4,14)15/h6-7H,2,5H2,1,3-4H3/b12-9+/t17-/m1/s1. The fourth-order valence-electron chi connectivity index (χ4n) is 1.14. The number of sulfone groups is 1. The van der Waals surface area contributed by atoms with Gasteiger partial charge in [-0.25, -0.2) is 8.42 Å². The highest BCUT2D eigenvalue weighted by Crippen LogP contribution is 2.17. The molecule has 1 heterocycles. The van der Waals surface area contributed by atoms with Gasteiger partial charge in [-0.15, -0.1) is 0 Å². The Balaban J connectivity index is 3.11. The molecular formula is C11H15NO4S2. The summed E-state index contributed by atoms with van der Waals surface area (Å²) < 4.78 is 43.3. The van der Waals surface area contributed by atoms with Gasteiger partial charge in [-0.1, -0.05) is 11.3 Å². The molecule has 18 heavy (non-hydrogen) atoms. The van der Waals surface area contributed by atoms with E-state index in [4.69, 9.17) is 4.42 Å². The number of hydrogen-bond donors (Lipinski definition) is 0. The zero-order valence-corrected chi connectivity index (χ0v) is 12.1. The van der Waals surface area contributed by atoms with Gasteiger partial charge in [0.2, 0.25) is 14.9 Å². The molecule has 1 aromatic heterocycles. The van der Waals surface area contributed by atoms with Crippen molar-refractivity contribution in [2.45, 2.75) is 25.4 Å². The molecule has 0 aliphatic heterocycles. The first-order chi connectivity index (χ1) is 8.25. The van der Waals surface area contributed by atoms with Crippen LogP contribution in [-0.2, 0) is 21.2 Å². The van der Waals surface area contributed by atoms with Crippen molar-refractivity contribution in [3.05, 3.63) is 29.4 Å². The number of nitrogens with zero attached hydrogens (tertiary/aromatic N) is 1. The maximum atomic E-state index is 11.6. The third-order valence-electron chi connectivity index (χ3n) is 2.06. The smallest absolute Gasteiger partial charge is 0.218 e. The lowest BCUT2D eigenvalue weighted by Crippen LogP contribution is -2.04. The molecule has 0 aliphatic carbocycles. The van der Waals surface area contributed by atoms with Gasteiger partial charge in [0.25, 0.3) is 0 Å². The van der Waals surface area contributed by atoms with Crippen molar-refractivity contribution in [2.75, 3.05) is 6.26 Å². The van der Waals surface area contributed by atoms with Crippen LogP contribution in [0.3, 0.4) is 0 Å². The van der Waals surface area contributed by atoms with Crippen LogP contribution in [0.5, 0.6) is 0 Å². The van der Waals surface area contributed by atoms with Crippen LogP contribution in [0.2, 0.25) is 0 Å². The van der Waals surface area contributed by atoms with Crippen LogP contribution in [0.1, 0.15) is 26.0 Å². The van der Waals surface area contributed by atoms with Gasteiger partial charge in [-0.05, 0) is 25.1 Å². The molecule has 1 aromatic rings. The second kappa shape index (κ2) is 5.73. The summed E-state index contributed by atoms with van der Waals surface area (Å²) in [5.74, 6) is 0.313. The van der Waals surface area contributed by atoms with Crippen molar-refractivity contribution < 1.29 is 17.4 Å². The zero-order chi connectivity index (χ0) is 13.9. The third kappa shape index (κ3) is 3.72. The molecule has 0 aliphatic rings. The van der Waals surface area contributed by atoms with E-state index >= 15 is 0 Å². The maximum absolute atomic E-state index is 11.6. The summed E-state index contributed by atoms with van der Waals surface area (Å²) in [6.45, 7) is 6.97. The van der Waals surface area contributed by atoms with Crippen LogP contribution in [0, 0.1) is 0 Å². The Morgan fingerprint density at radius 3 is 2.56 bits per heavy atom. The molecule has 0 spiro atoms. The minimum Gasteiger partial charge on any atom is -0.586 e. The fourth-order valence-corrected chi connectivity index (χ4v) is 2.27. The molecule has 0 saturated heterocycles. The van der Waals surface area contributed by atoms with E-state index in [9.17, 15) is 13.0 Å². The van der Waals surface area contributed by atoms with E-state index in [1.807, 2.05) is 6.92 Å². The maximum Gasteiger partial charge on any atom is 0.218 e. The molecule has 5 nitrogen and oxygen atoms in total. The normalized spacial score (nSPS) is 14.6. The van der Waals surface area contributed by atoms with Crippen LogP contribution in [0.15, 0.2) is 37.5 Å². The summed E-state index contributed by atoms with van der Waals surface area (Å²) in [4.78, 5) is 0.427. The molecule has 0 bridgehead atoms. The lowest BCUT2D eigenvalue weighted by atomic mass is 10.2. The summed E-state index contributed by atoms with van der Waals surface area (Å²) in [5, 5.41) is -0.125. The molecule has 0 amide bonds. The lowest BCUT2D eigenvalue weighted by molar-refractivity contribution is 0.445. The molecule has 0 radical (unpaired) electrons. The average Bonchev–Trinajstić information content (AvgIpc) is 2.73. The van der Waals surface area contributed by atoms with Gasteiger partial charge in [0.05, 0.1) is 0 Å². The molecule has 100 valence electrons. The van der Waals surface area contributed by atoms with Crippen LogP contribution in [0.4, 0.5) is 0 Å². The monoisotopic (exact) mass is 289 g/mol. The van der Waals surface area contributed by atoms with Gasteiger partial charge in [-0.2, -0.15) is 0 Å². The number of rotatable bonds is 5. The van der Waals surface area contributed by atoms with Crippen molar-refractivity contribution in [3.8, 4) is 0 Å². The number of allylic oxidation sites excluding steroid dienone is 1. The molecule has 0 N–H and O–H groups in total.